The molecule has 2 aliphatic heterocycles. The van der Waals surface area contributed by atoms with Crippen LogP contribution < -0.4 is 10.6 Å². The van der Waals surface area contributed by atoms with Gasteiger partial charge >= 0.3 is 0 Å². The lowest BCUT2D eigenvalue weighted by molar-refractivity contribution is 0.0222. The summed E-state index contributed by atoms with van der Waals surface area (Å²) >= 11 is 6.30. The molecule has 0 aromatic heterocycles. The Morgan fingerprint density at radius 3 is 2.31 bits per heavy atom. The zero-order chi connectivity index (χ0) is 22.6. The average Bonchev–Trinajstić information content (AvgIpc) is 2.71. The molecule has 1 saturated heterocycles. The van der Waals surface area contributed by atoms with E-state index in [4.69, 9.17) is 11.6 Å². The highest BCUT2D eigenvalue weighted by Crippen LogP contribution is 2.43. The summed E-state index contributed by atoms with van der Waals surface area (Å²) in [5, 5.41) is 7.79. The highest BCUT2D eigenvalue weighted by Gasteiger charge is 2.40. The molecule has 7 nitrogen and oxygen atoms in total. The standard InChI is InChI=1S/C26H47ClN4.CH4.3H2O/c1-19(2)24(28-15-20-7-12-25(29-16-20)30(5)6)17-31-14-13-23(26(3,4)18-31)21-8-10-22(27)11-9-21;;;;/h7-8,10,19,21-25,28-29H,9,11-18H2,1-6H3;1H4;3*1H2/t21?,22?,23?,24-,25?;;;;/m0..../s1. The van der Waals surface area contributed by atoms with Gasteiger partial charge in [-0.2, -0.15) is 0 Å². The molecule has 1 aliphatic carbocycles. The molecule has 1 fully saturated rings. The topological polar surface area (TPSA) is 125 Å². The van der Waals surface area contributed by atoms with Crippen molar-refractivity contribution in [1.82, 2.24) is 20.4 Å². The number of nitrogens with one attached hydrogen (secondary N) is 2. The molecule has 3 aliphatic rings. The molecule has 5 atom stereocenters. The number of halogens is 1. The van der Waals surface area contributed by atoms with Crippen LogP contribution in [0.25, 0.3) is 0 Å². The van der Waals surface area contributed by atoms with Gasteiger partial charge in [0.25, 0.3) is 0 Å². The molecular formula is C27H57ClN4O3. The molecule has 210 valence electrons. The van der Waals surface area contributed by atoms with E-state index in [1.165, 1.54) is 31.5 Å². The second kappa shape index (κ2) is 16.4. The van der Waals surface area contributed by atoms with E-state index in [0.717, 1.165) is 38.4 Å². The van der Waals surface area contributed by atoms with Gasteiger partial charge in [-0.15, -0.1) is 11.6 Å². The molecule has 0 spiro atoms. The highest BCUT2D eigenvalue weighted by molar-refractivity contribution is 6.21. The molecule has 4 unspecified atom stereocenters. The Hall–Kier alpha value is -0.510. The molecule has 0 aromatic rings. The fourth-order valence-corrected chi connectivity index (χ4v) is 6.05. The molecule has 35 heavy (non-hydrogen) atoms. The van der Waals surface area contributed by atoms with Crippen molar-refractivity contribution in [2.45, 2.75) is 78.4 Å². The van der Waals surface area contributed by atoms with Crippen molar-refractivity contribution >= 4 is 11.6 Å². The van der Waals surface area contributed by atoms with Gasteiger partial charge in [0.2, 0.25) is 0 Å². The summed E-state index contributed by atoms with van der Waals surface area (Å²) < 4.78 is 0. The summed E-state index contributed by atoms with van der Waals surface area (Å²) in [5.41, 5.74) is 1.86. The van der Waals surface area contributed by atoms with E-state index in [1.807, 2.05) is 0 Å². The molecule has 8 N–H and O–H groups in total. The van der Waals surface area contributed by atoms with Gasteiger partial charge in [-0.1, -0.05) is 53.3 Å². The first-order valence-electron chi connectivity index (χ1n) is 12.5. The van der Waals surface area contributed by atoms with Crippen molar-refractivity contribution < 1.29 is 16.4 Å². The lowest BCUT2D eigenvalue weighted by Crippen LogP contribution is -2.53. The third-order valence-electron chi connectivity index (χ3n) is 7.92. The second-order valence-corrected chi connectivity index (χ2v) is 12.0. The van der Waals surface area contributed by atoms with Crippen molar-refractivity contribution in [3.05, 3.63) is 23.8 Å². The number of alkyl halides is 1. The smallest absolute Gasteiger partial charge is 0.0630 e. The second-order valence-electron chi connectivity index (χ2n) is 11.5. The summed E-state index contributed by atoms with van der Waals surface area (Å²) in [5.74, 6) is 2.12. The number of hydrogen-bond donors (Lipinski definition) is 2. The van der Waals surface area contributed by atoms with Crippen molar-refractivity contribution in [2.75, 3.05) is 46.8 Å². The van der Waals surface area contributed by atoms with Gasteiger partial charge < -0.3 is 26.6 Å². The van der Waals surface area contributed by atoms with Crippen LogP contribution in [0.3, 0.4) is 0 Å². The molecule has 0 saturated carbocycles. The molecule has 2 heterocycles. The Kier molecular flexibility index (Phi) is 17.1. The minimum absolute atomic E-state index is 0. The van der Waals surface area contributed by atoms with Crippen molar-refractivity contribution in [3.63, 3.8) is 0 Å². The van der Waals surface area contributed by atoms with Crippen molar-refractivity contribution in [3.8, 4) is 0 Å². The molecule has 0 radical (unpaired) electrons. The van der Waals surface area contributed by atoms with E-state index in [2.05, 4.69) is 80.5 Å². The quantitative estimate of drug-likeness (QED) is 0.376. The van der Waals surface area contributed by atoms with Crippen LogP contribution in [0.2, 0.25) is 0 Å². The zero-order valence-corrected chi connectivity index (χ0v) is 23.1. The Labute approximate surface area is 220 Å². The zero-order valence-electron chi connectivity index (χ0n) is 22.3. The molecular weight excluding hydrogens is 464 g/mol. The summed E-state index contributed by atoms with van der Waals surface area (Å²) in [6, 6.07) is 0.534. The van der Waals surface area contributed by atoms with Crippen LogP contribution in [0.1, 0.15) is 60.8 Å². The van der Waals surface area contributed by atoms with Crippen LogP contribution in [0.4, 0.5) is 0 Å². The maximum Gasteiger partial charge on any atom is 0.0630 e. The van der Waals surface area contributed by atoms with Crippen LogP contribution in [0, 0.1) is 23.2 Å². The van der Waals surface area contributed by atoms with Crippen LogP contribution in [-0.2, 0) is 0 Å². The Morgan fingerprint density at radius 2 is 1.83 bits per heavy atom. The minimum Gasteiger partial charge on any atom is -0.412 e. The molecule has 0 amide bonds. The number of rotatable bonds is 8. The molecule has 8 heteroatoms. The lowest BCUT2D eigenvalue weighted by Gasteiger charge is -2.48. The number of likely N-dealkylation sites (tertiary alicyclic amines) is 1. The summed E-state index contributed by atoms with van der Waals surface area (Å²) in [6.45, 7) is 15.3. The van der Waals surface area contributed by atoms with Crippen LogP contribution in [-0.4, -0.2) is 90.6 Å². The van der Waals surface area contributed by atoms with Gasteiger partial charge in [-0.25, -0.2) is 0 Å². The van der Waals surface area contributed by atoms with E-state index >= 15 is 0 Å². The lowest BCUT2D eigenvalue weighted by atomic mass is 9.65. The monoisotopic (exact) mass is 520 g/mol. The first kappa shape index (κ1) is 36.6. The van der Waals surface area contributed by atoms with Crippen LogP contribution >= 0.6 is 11.6 Å². The molecule has 3 rings (SSSR count). The van der Waals surface area contributed by atoms with Gasteiger partial charge in [0.15, 0.2) is 0 Å². The van der Waals surface area contributed by atoms with E-state index in [-0.39, 0.29) is 29.2 Å². The van der Waals surface area contributed by atoms with Crippen molar-refractivity contribution in [1.29, 1.82) is 0 Å². The fraction of sp³-hybridized carbons (Fsp3) is 0.852. The average molecular weight is 521 g/mol. The van der Waals surface area contributed by atoms with Crippen LogP contribution in [0.5, 0.6) is 0 Å². The Balaban J connectivity index is 0. The van der Waals surface area contributed by atoms with Gasteiger partial charge in [0, 0.05) is 32.2 Å². The van der Waals surface area contributed by atoms with E-state index in [1.54, 1.807) is 0 Å². The van der Waals surface area contributed by atoms with E-state index in [9.17, 15) is 0 Å². The molecule has 0 aromatic carbocycles. The Morgan fingerprint density at radius 1 is 1.14 bits per heavy atom. The third-order valence-corrected chi connectivity index (χ3v) is 8.28. The summed E-state index contributed by atoms with van der Waals surface area (Å²) in [7, 11) is 4.29. The predicted octanol–water partition coefficient (Wildman–Crippen LogP) is 2.49. The Bertz CT molecular complexity index is 642. The number of allylic oxidation sites excluding steroid dienone is 2. The van der Waals surface area contributed by atoms with Gasteiger partial charge in [0.1, 0.15) is 0 Å². The minimum atomic E-state index is 0. The van der Waals surface area contributed by atoms with Gasteiger partial charge in [-0.3, -0.25) is 10.2 Å². The predicted molar refractivity (Wildman–Crippen MR) is 152 cm³/mol. The van der Waals surface area contributed by atoms with Crippen molar-refractivity contribution in [2.24, 2.45) is 23.2 Å². The number of piperidine rings is 1. The maximum atomic E-state index is 6.30. The largest absolute Gasteiger partial charge is 0.412 e. The van der Waals surface area contributed by atoms with Crippen LogP contribution in [0.15, 0.2) is 23.8 Å². The van der Waals surface area contributed by atoms with E-state index < -0.39 is 0 Å². The first-order valence-corrected chi connectivity index (χ1v) is 12.9. The summed E-state index contributed by atoms with van der Waals surface area (Å²) in [4.78, 5) is 4.99. The van der Waals surface area contributed by atoms with Gasteiger partial charge in [0.05, 0.1) is 11.5 Å². The third kappa shape index (κ3) is 10.4. The number of nitrogens with zero attached hydrogens (tertiary/aromatic N) is 2. The first-order chi connectivity index (χ1) is 14.7. The molecule has 0 bridgehead atoms. The SMILES string of the molecule is C.CC(C)[C@H](CN1CCC(C2C=CC(Cl)CC2)C(C)(C)C1)NCC1=CCC(N(C)C)NC1.O.O.O. The van der Waals surface area contributed by atoms with Gasteiger partial charge in [-0.05, 0) is 75.1 Å². The normalized spacial score (nSPS) is 29.2. The summed E-state index contributed by atoms with van der Waals surface area (Å²) in [6.07, 6.45) is 12.4. The highest BCUT2D eigenvalue weighted by atomic mass is 35.5. The maximum absolute atomic E-state index is 6.30. The van der Waals surface area contributed by atoms with E-state index in [0.29, 0.717) is 29.5 Å². The number of hydrogen-bond acceptors (Lipinski definition) is 4. The fourth-order valence-electron chi connectivity index (χ4n) is 5.84.